The smallest absolute Gasteiger partial charge is 0.128 e. The van der Waals surface area contributed by atoms with E-state index in [0.717, 1.165) is 5.56 Å². The largest absolute Gasteiger partial charge is 0.496 e. The highest BCUT2D eigenvalue weighted by atomic mass is 16.5. The van der Waals surface area contributed by atoms with Gasteiger partial charge in [-0.2, -0.15) is 0 Å². The third-order valence-electron chi connectivity index (χ3n) is 2.14. The molecule has 0 bridgehead atoms. The molecule has 4 heteroatoms. The van der Waals surface area contributed by atoms with Crippen LogP contribution in [0.3, 0.4) is 0 Å². The summed E-state index contributed by atoms with van der Waals surface area (Å²) in [5.74, 6) is 1.23. The van der Waals surface area contributed by atoms with E-state index < -0.39 is 0 Å². The standard InChI is InChI=1S/C11H16O4/c1-13-7-8-4-10(14-2)9(6-12)11(5-8)15-3/h4-5,12H,6-7H2,1-3H3. The lowest BCUT2D eigenvalue weighted by Gasteiger charge is -2.13. The van der Waals surface area contributed by atoms with Crippen molar-refractivity contribution < 1.29 is 19.3 Å². The molecule has 1 rings (SSSR count). The molecule has 0 amide bonds. The average Bonchev–Trinajstić information content (AvgIpc) is 2.28. The third-order valence-corrected chi connectivity index (χ3v) is 2.14. The number of hydrogen-bond acceptors (Lipinski definition) is 4. The van der Waals surface area contributed by atoms with E-state index in [1.165, 1.54) is 0 Å². The summed E-state index contributed by atoms with van der Waals surface area (Å²) in [5.41, 5.74) is 1.60. The zero-order chi connectivity index (χ0) is 11.3. The lowest BCUT2D eigenvalue weighted by Crippen LogP contribution is -1.99. The Morgan fingerprint density at radius 3 is 1.93 bits per heavy atom. The SMILES string of the molecule is COCc1cc(OC)c(CO)c(OC)c1. The molecule has 0 aliphatic rings. The fourth-order valence-electron chi connectivity index (χ4n) is 1.44. The first-order valence-electron chi connectivity index (χ1n) is 4.60. The van der Waals surface area contributed by atoms with E-state index in [1.54, 1.807) is 21.3 Å². The van der Waals surface area contributed by atoms with Crippen molar-refractivity contribution in [3.8, 4) is 11.5 Å². The van der Waals surface area contributed by atoms with E-state index in [1.807, 2.05) is 12.1 Å². The second-order valence-corrected chi connectivity index (χ2v) is 3.07. The van der Waals surface area contributed by atoms with Crippen LogP contribution in [0, 0.1) is 0 Å². The van der Waals surface area contributed by atoms with Gasteiger partial charge in [0.1, 0.15) is 11.5 Å². The molecule has 0 fully saturated rings. The number of aliphatic hydroxyl groups excluding tert-OH is 1. The van der Waals surface area contributed by atoms with Gasteiger partial charge in [-0.15, -0.1) is 0 Å². The van der Waals surface area contributed by atoms with Gasteiger partial charge in [0.25, 0.3) is 0 Å². The maximum atomic E-state index is 9.19. The van der Waals surface area contributed by atoms with Gasteiger partial charge < -0.3 is 19.3 Å². The minimum absolute atomic E-state index is 0.111. The number of rotatable bonds is 5. The van der Waals surface area contributed by atoms with Gasteiger partial charge >= 0.3 is 0 Å². The summed E-state index contributed by atoms with van der Waals surface area (Å²) in [7, 11) is 4.74. The summed E-state index contributed by atoms with van der Waals surface area (Å²) in [5, 5.41) is 9.19. The molecule has 15 heavy (non-hydrogen) atoms. The van der Waals surface area contributed by atoms with Crippen LogP contribution in [0.5, 0.6) is 11.5 Å². The van der Waals surface area contributed by atoms with E-state index >= 15 is 0 Å². The van der Waals surface area contributed by atoms with Gasteiger partial charge in [-0.25, -0.2) is 0 Å². The maximum absolute atomic E-state index is 9.19. The molecule has 0 heterocycles. The number of benzene rings is 1. The Hall–Kier alpha value is -1.26. The molecule has 0 radical (unpaired) electrons. The topological polar surface area (TPSA) is 47.9 Å². The predicted octanol–water partition coefficient (Wildman–Crippen LogP) is 1.34. The molecular formula is C11H16O4. The Labute approximate surface area is 89.4 Å². The van der Waals surface area contributed by atoms with Crippen LogP contribution in [0.1, 0.15) is 11.1 Å². The van der Waals surface area contributed by atoms with Gasteiger partial charge in [0, 0.05) is 7.11 Å². The van der Waals surface area contributed by atoms with Crippen LogP contribution < -0.4 is 9.47 Å². The monoisotopic (exact) mass is 212 g/mol. The van der Waals surface area contributed by atoms with Gasteiger partial charge in [0.15, 0.2) is 0 Å². The molecule has 4 nitrogen and oxygen atoms in total. The first-order valence-corrected chi connectivity index (χ1v) is 4.60. The first-order chi connectivity index (χ1) is 7.26. The number of methoxy groups -OCH3 is 3. The molecule has 1 N–H and O–H groups in total. The van der Waals surface area contributed by atoms with Crippen molar-refractivity contribution in [3.05, 3.63) is 23.3 Å². The Bertz CT molecular complexity index is 297. The quantitative estimate of drug-likeness (QED) is 0.800. The zero-order valence-corrected chi connectivity index (χ0v) is 9.24. The van der Waals surface area contributed by atoms with Crippen molar-refractivity contribution in [3.63, 3.8) is 0 Å². The molecule has 0 aliphatic carbocycles. The van der Waals surface area contributed by atoms with Gasteiger partial charge in [-0.1, -0.05) is 0 Å². The van der Waals surface area contributed by atoms with E-state index in [4.69, 9.17) is 14.2 Å². The van der Waals surface area contributed by atoms with E-state index in [0.29, 0.717) is 23.7 Å². The van der Waals surface area contributed by atoms with E-state index in [9.17, 15) is 5.11 Å². The lowest BCUT2D eigenvalue weighted by atomic mass is 10.1. The highest BCUT2D eigenvalue weighted by Crippen LogP contribution is 2.30. The summed E-state index contributed by atoms with van der Waals surface area (Å²) < 4.78 is 15.4. The lowest BCUT2D eigenvalue weighted by molar-refractivity contribution is 0.184. The molecule has 0 saturated carbocycles. The van der Waals surface area contributed by atoms with Gasteiger partial charge in [0.05, 0.1) is 33.0 Å². The van der Waals surface area contributed by atoms with Crippen molar-refractivity contribution in [2.24, 2.45) is 0 Å². The third kappa shape index (κ3) is 2.61. The molecule has 0 aromatic heterocycles. The summed E-state index contributed by atoms with van der Waals surface area (Å²) in [6.07, 6.45) is 0. The Kier molecular flexibility index (Phi) is 4.39. The second-order valence-electron chi connectivity index (χ2n) is 3.07. The molecule has 0 atom stereocenters. The molecule has 0 aliphatic heterocycles. The predicted molar refractivity (Wildman–Crippen MR) is 56.2 cm³/mol. The fraction of sp³-hybridized carbons (Fsp3) is 0.455. The molecule has 1 aromatic rings. The molecule has 1 aromatic carbocycles. The normalized spacial score (nSPS) is 10.1. The zero-order valence-electron chi connectivity index (χ0n) is 9.24. The summed E-state index contributed by atoms with van der Waals surface area (Å²) in [6.45, 7) is 0.373. The summed E-state index contributed by atoms with van der Waals surface area (Å²) >= 11 is 0. The Morgan fingerprint density at radius 2 is 1.60 bits per heavy atom. The van der Waals surface area contributed by atoms with E-state index in [-0.39, 0.29) is 6.61 Å². The second kappa shape index (κ2) is 5.58. The van der Waals surface area contributed by atoms with Crippen LogP contribution in [0.4, 0.5) is 0 Å². The highest BCUT2D eigenvalue weighted by molar-refractivity contribution is 5.47. The summed E-state index contributed by atoms with van der Waals surface area (Å²) in [6, 6.07) is 3.66. The van der Waals surface area contributed by atoms with Gasteiger partial charge in [-0.3, -0.25) is 0 Å². The van der Waals surface area contributed by atoms with Crippen LogP contribution in [0.2, 0.25) is 0 Å². The molecule has 0 spiro atoms. The molecular weight excluding hydrogens is 196 g/mol. The van der Waals surface area contributed by atoms with Gasteiger partial charge in [0.2, 0.25) is 0 Å². The molecule has 0 saturated heterocycles. The first kappa shape index (κ1) is 11.8. The summed E-state index contributed by atoms with van der Waals surface area (Å²) in [4.78, 5) is 0. The van der Waals surface area contributed by atoms with Crippen molar-refractivity contribution in [1.82, 2.24) is 0 Å². The Balaban J connectivity index is 3.16. The fourth-order valence-corrected chi connectivity index (χ4v) is 1.44. The minimum atomic E-state index is -0.111. The molecule has 84 valence electrons. The van der Waals surface area contributed by atoms with Crippen LogP contribution in [0.25, 0.3) is 0 Å². The van der Waals surface area contributed by atoms with Gasteiger partial charge in [-0.05, 0) is 17.7 Å². The van der Waals surface area contributed by atoms with Crippen molar-refractivity contribution >= 4 is 0 Å². The van der Waals surface area contributed by atoms with Crippen LogP contribution in [0.15, 0.2) is 12.1 Å². The van der Waals surface area contributed by atoms with Crippen LogP contribution >= 0.6 is 0 Å². The highest BCUT2D eigenvalue weighted by Gasteiger charge is 2.11. The van der Waals surface area contributed by atoms with E-state index in [2.05, 4.69) is 0 Å². The minimum Gasteiger partial charge on any atom is -0.496 e. The average molecular weight is 212 g/mol. The van der Waals surface area contributed by atoms with Crippen molar-refractivity contribution in [2.75, 3.05) is 21.3 Å². The number of aliphatic hydroxyl groups is 1. The number of hydrogen-bond donors (Lipinski definition) is 1. The van der Waals surface area contributed by atoms with Crippen molar-refractivity contribution in [1.29, 1.82) is 0 Å². The van der Waals surface area contributed by atoms with Crippen molar-refractivity contribution in [2.45, 2.75) is 13.2 Å². The maximum Gasteiger partial charge on any atom is 0.128 e. The van der Waals surface area contributed by atoms with Crippen LogP contribution in [-0.4, -0.2) is 26.4 Å². The number of ether oxygens (including phenoxy) is 3. The van der Waals surface area contributed by atoms with Crippen LogP contribution in [-0.2, 0) is 18.0 Å². The Morgan fingerprint density at radius 1 is 1.07 bits per heavy atom. The molecule has 0 unspecified atom stereocenters.